The lowest BCUT2D eigenvalue weighted by Crippen LogP contribution is -2.35. The highest BCUT2D eigenvalue weighted by atomic mass is 35.5. The van der Waals surface area contributed by atoms with E-state index in [0.29, 0.717) is 11.3 Å². The van der Waals surface area contributed by atoms with Gasteiger partial charge >= 0.3 is 12.1 Å². The normalized spacial score (nSPS) is 12.3. The first-order chi connectivity index (χ1) is 18.1. The molecule has 4 aromatic rings. The van der Waals surface area contributed by atoms with Crippen molar-refractivity contribution in [1.82, 2.24) is 5.32 Å². The Hall–Kier alpha value is -4.29. The number of carbonyl (C=O) groups is 2. The Bertz CT molecular complexity index is 1350. The summed E-state index contributed by atoms with van der Waals surface area (Å²) in [4.78, 5) is 26.0. The van der Waals surface area contributed by atoms with Crippen LogP contribution in [-0.4, -0.2) is 25.8 Å². The predicted octanol–water partition coefficient (Wildman–Crippen LogP) is 6.44. The Kier molecular flexibility index (Phi) is 8.66. The van der Waals surface area contributed by atoms with E-state index in [0.717, 1.165) is 27.8 Å². The number of esters is 1. The van der Waals surface area contributed by atoms with E-state index in [4.69, 9.17) is 14.2 Å². The molecule has 0 radical (unpaired) electrons. The lowest BCUT2D eigenvalue weighted by molar-refractivity contribution is -0.147. The van der Waals surface area contributed by atoms with Crippen molar-refractivity contribution >= 4 is 24.5 Å². The molecule has 0 saturated carbocycles. The number of methoxy groups -OCH3 is 1. The van der Waals surface area contributed by atoms with Gasteiger partial charge in [0.25, 0.3) is 0 Å². The molecule has 0 heterocycles. The van der Waals surface area contributed by atoms with E-state index in [9.17, 15) is 9.59 Å². The number of halogens is 1. The van der Waals surface area contributed by atoms with Crippen molar-refractivity contribution in [1.29, 1.82) is 0 Å². The zero-order valence-corrected chi connectivity index (χ0v) is 21.6. The number of amides is 1. The van der Waals surface area contributed by atoms with Crippen LogP contribution in [0.3, 0.4) is 0 Å². The number of ether oxygens (including phenoxy) is 3. The van der Waals surface area contributed by atoms with Gasteiger partial charge in [0, 0.05) is 5.92 Å². The fourth-order valence-electron chi connectivity index (χ4n) is 4.64. The molecular weight excluding hydrogens is 502 g/mol. The second kappa shape index (κ2) is 12.3. The molecule has 5 rings (SSSR count). The van der Waals surface area contributed by atoms with Gasteiger partial charge in [0.15, 0.2) is 6.04 Å². The molecular formula is C31H28ClNO5. The highest BCUT2D eigenvalue weighted by Crippen LogP contribution is 2.44. The number of carbonyl (C=O) groups excluding carboxylic acids is 2. The van der Waals surface area contributed by atoms with Crippen LogP contribution in [0.1, 0.15) is 34.2 Å². The minimum absolute atomic E-state index is 0. The van der Waals surface area contributed by atoms with Crippen molar-refractivity contribution < 1.29 is 23.8 Å². The second-order valence-corrected chi connectivity index (χ2v) is 8.77. The summed E-state index contributed by atoms with van der Waals surface area (Å²) in [5.41, 5.74) is 5.94. The van der Waals surface area contributed by atoms with Crippen molar-refractivity contribution in [2.75, 3.05) is 13.7 Å². The molecule has 4 aromatic carbocycles. The number of rotatable bonds is 8. The minimum atomic E-state index is -1.04. The largest absolute Gasteiger partial charge is 0.497 e. The Morgan fingerprint density at radius 1 is 0.763 bits per heavy atom. The van der Waals surface area contributed by atoms with E-state index in [1.54, 1.807) is 31.4 Å². The molecule has 0 saturated heterocycles. The number of alkyl carbamates (subject to hydrolysis) is 1. The molecule has 0 unspecified atom stereocenters. The maximum Gasteiger partial charge on any atom is 0.408 e. The zero-order chi connectivity index (χ0) is 25.6. The number of benzene rings is 4. The SMILES string of the molecule is COc1ccc([C@H](NC(=O)OCC2c3ccccc3-c3ccccc32)C(=O)OCc2ccccc2)cc1.Cl. The van der Waals surface area contributed by atoms with E-state index in [-0.39, 0.29) is 31.5 Å². The Morgan fingerprint density at radius 3 is 1.95 bits per heavy atom. The molecule has 0 bridgehead atoms. The summed E-state index contributed by atoms with van der Waals surface area (Å²) < 4.78 is 16.4. The molecule has 0 aromatic heterocycles. The fourth-order valence-corrected chi connectivity index (χ4v) is 4.64. The van der Waals surface area contributed by atoms with Crippen molar-refractivity contribution in [3.8, 4) is 16.9 Å². The first kappa shape index (κ1) is 26.8. The van der Waals surface area contributed by atoms with Crippen LogP contribution in [0.25, 0.3) is 11.1 Å². The number of fused-ring (bicyclic) bond motifs is 3. The van der Waals surface area contributed by atoms with Crippen LogP contribution in [0.4, 0.5) is 4.79 Å². The van der Waals surface area contributed by atoms with Gasteiger partial charge in [-0.05, 0) is 45.5 Å². The van der Waals surface area contributed by atoms with Gasteiger partial charge in [0.2, 0.25) is 0 Å². The van der Waals surface area contributed by atoms with Gasteiger partial charge in [0.1, 0.15) is 19.0 Å². The third-order valence-corrected chi connectivity index (χ3v) is 6.51. The van der Waals surface area contributed by atoms with Crippen LogP contribution >= 0.6 is 12.4 Å². The van der Waals surface area contributed by atoms with Gasteiger partial charge < -0.3 is 19.5 Å². The lowest BCUT2D eigenvalue weighted by Gasteiger charge is -2.20. The van der Waals surface area contributed by atoms with Crippen molar-refractivity contribution in [3.63, 3.8) is 0 Å². The van der Waals surface area contributed by atoms with Crippen molar-refractivity contribution in [2.24, 2.45) is 0 Å². The Morgan fingerprint density at radius 2 is 1.34 bits per heavy atom. The summed E-state index contributed by atoms with van der Waals surface area (Å²) in [7, 11) is 1.57. The van der Waals surface area contributed by atoms with Crippen LogP contribution < -0.4 is 10.1 Å². The molecule has 1 aliphatic carbocycles. The zero-order valence-electron chi connectivity index (χ0n) is 20.8. The van der Waals surface area contributed by atoms with E-state index in [1.807, 2.05) is 54.6 Å². The van der Waals surface area contributed by atoms with Crippen LogP contribution in [-0.2, 0) is 20.9 Å². The summed E-state index contributed by atoms with van der Waals surface area (Å²) in [6, 6.07) is 31.5. The number of hydrogen-bond donors (Lipinski definition) is 1. The molecule has 1 amide bonds. The summed E-state index contributed by atoms with van der Waals surface area (Å²) in [5.74, 6) is -0.0218. The third-order valence-electron chi connectivity index (χ3n) is 6.51. The van der Waals surface area contributed by atoms with Crippen LogP contribution in [0.5, 0.6) is 5.75 Å². The van der Waals surface area contributed by atoms with Crippen LogP contribution in [0.2, 0.25) is 0 Å². The van der Waals surface area contributed by atoms with Gasteiger partial charge in [-0.25, -0.2) is 9.59 Å². The van der Waals surface area contributed by atoms with Gasteiger partial charge in [-0.3, -0.25) is 0 Å². The molecule has 1 atom stereocenters. The first-order valence-corrected chi connectivity index (χ1v) is 12.1. The van der Waals surface area contributed by atoms with E-state index in [1.165, 1.54) is 0 Å². The standard InChI is InChI=1S/C31H27NO5.ClH/c1-35-23-17-15-22(16-18-23)29(30(33)36-19-21-9-3-2-4-10-21)32-31(34)37-20-28-26-13-7-5-11-24(26)25-12-6-8-14-27(25)28;/h2-18,28-29H,19-20H2,1H3,(H,32,34);1H/t29-;/m0./s1. The van der Waals surface area contributed by atoms with Crippen molar-refractivity contribution in [3.05, 3.63) is 125 Å². The summed E-state index contributed by atoms with van der Waals surface area (Å²) in [6.07, 6.45) is -0.695. The fraction of sp³-hybridized carbons (Fsp3) is 0.161. The number of nitrogens with one attached hydrogen (secondary N) is 1. The van der Waals surface area contributed by atoms with E-state index < -0.39 is 18.1 Å². The average molecular weight is 530 g/mol. The summed E-state index contributed by atoms with van der Waals surface area (Å²) in [6.45, 7) is 0.243. The maximum atomic E-state index is 13.1. The van der Waals surface area contributed by atoms with Crippen LogP contribution in [0, 0.1) is 0 Å². The van der Waals surface area contributed by atoms with Gasteiger partial charge in [-0.15, -0.1) is 12.4 Å². The molecule has 194 valence electrons. The molecule has 7 heteroatoms. The summed E-state index contributed by atoms with van der Waals surface area (Å²) in [5, 5.41) is 2.70. The van der Waals surface area contributed by atoms with Gasteiger partial charge in [-0.1, -0.05) is 91.0 Å². The molecule has 0 spiro atoms. The Labute approximate surface area is 228 Å². The van der Waals surface area contributed by atoms with Gasteiger partial charge in [-0.2, -0.15) is 0 Å². The van der Waals surface area contributed by atoms with E-state index in [2.05, 4.69) is 29.6 Å². The van der Waals surface area contributed by atoms with Crippen LogP contribution in [0.15, 0.2) is 103 Å². The predicted molar refractivity (Wildman–Crippen MR) is 147 cm³/mol. The highest BCUT2D eigenvalue weighted by Gasteiger charge is 2.30. The summed E-state index contributed by atoms with van der Waals surface area (Å²) >= 11 is 0. The third kappa shape index (κ3) is 5.82. The average Bonchev–Trinajstić information content (AvgIpc) is 3.28. The molecule has 0 fully saturated rings. The number of hydrogen-bond acceptors (Lipinski definition) is 5. The lowest BCUT2D eigenvalue weighted by atomic mass is 9.98. The quantitative estimate of drug-likeness (QED) is 0.266. The van der Waals surface area contributed by atoms with E-state index >= 15 is 0 Å². The van der Waals surface area contributed by atoms with Crippen molar-refractivity contribution in [2.45, 2.75) is 18.6 Å². The maximum absolute atomic E-state index is 13.1. The Balaban J connectivity index is 0.00000336. The van der Waals surface area contributed by atoms with Gasteiger partial charge in [0.05, 0.1) is 7.11 Å². The topological polar surface area (TPSA) is 73.9 Å². The molecule has 0 aliphatic heterocycles. The monoisotopic (exact) mass is 529 g/mol. The minimum Gasteiger partial charge on any atom is -0.497 e. The molecule has 6 nitrogen and oxygen atoms in total. The molecule has 1 aliphatic rings. The highest BCUT2D eigenvalue weighted by molar-refractivity contribution is 5.85. The second-order valence-electron chi connectivity index (χ2n) is 8.77. The molecule has 1 N–H and O–H groups in total. The smallest absolute Gasteiger partial charge is 0.408 e. The molecule has 38 heavy (non-hydrogen) atoms. The first-order valence-electron chi connectivity index (χ1n) is 12.1.